The van der Waals surface area contributed by atoms with Gasteiger partial charge in [0.05, 0.1) is 0 Å². The number of nitrogens with zero attached hydrogens (tertiary/aromatic N) is 2. The summed E-state index contributed by atoms with van der Waals surface area (Å²) in [7, 11) is 1.89. The van der Waals surface area contributed by atoms with Gasteiger partial charge < -0.3 is 10.6 Å². The van der Waals surface area contributed by atoms with Gasteiger partial charge in [0.2, 0.25) is 0 Å². The minimum absolute atomic E-state index is 0.548. The number of aromatic nitrogens is 2. The third kappa shape index (κ3) is 3.10. The van der Waals surface area contributed by atoms with Crippen molar-refractivity contribution in [2.75, 3.05) is 17.7 Å². The van der Waals surface area contributed by atoms with Crippen molar-refractivity contribution < 1.29 is 0 Å². The SMILES string of the molecule is CNc1cc(NCc2ccccc2Br)nc(C2CC2)n1. The van der Waals surface area contributed by atoms with Crippen LogP contribution in [0.5, 0.6) is 0 Å². The van der Waals surface area contributed by atoms with Crippen LogP contribution >= 0.6 is 15.9 Å². The first-order valence-corrected chi connectivity index (χ1v) is 7.59. The minimum Gasteiger partial charge on any atom is -0.373 e. The molecule has 0 amide bonds. The Kier molecular flexibility index (Phi) is 3.87. The van der Waals surface area contributed by atoms with Gasteiger partial charge in [0.25, 0.3) is 0 Å². The maximum atomic E-state index is 4.61. The molecule has 0 saturated heterocycles. The van der Waals surface area contributed by atoms with Crippen LogP contribution in [-0.2, 0) is 6.54 Å². The van der Waals surface area contributed by atoms with Crippen molar-refractivity contribution in [1.29, 1.82) is 0 Å². The van der Waals surface area contributed by atoms with Crippen LogP contribution in [0.2, 0.25) is 0 Å². The van der Waals surface area contributed by atoms with Crippen molar-refractivity contribution >= 4 is 27.6 Å². The van der Waals surface area contributed by atoms with Crippen LogP contribution in [0.4, 0.5) is 11.6 Å². The average Bonchev–Trinajstić information content (AvgIpc) is 3.31. The van der Waals surface area contributed by atoms with E-state index >= 15 is 0 Å². The van der Waals surface area contributed by atoms with E-state index in [0.29, 0.717) is 5.92 Å². The van der Waals surface area contributed by atoms with Gasteiger partial charge in [0, 0.05) is 30.0 Å². The molecule has 5 heteroatoms. The molecule has 0 aliphatic heterocycles. The van der Waals surface area contributed by atoms with Gasteiger partial charge in [0.15, 0.2) is 0 Å². The number of hydrogen-bond acceptors (Lipinski definition) is 4. The Bertz CT molecular complexity index is 611. The average molecular weight is 333 g/mol. The zero-order chi connectivity index (χ0) is 13.9. The summed E-state index contributed by atoms with van der Waals surface area (Å²) < 4.78 is 1.11. The third-order valence-corrected chi connectivity index (χ3v) is 4.13. The molecule has 1 fully saturated rings. The summed E-state index contributed by atoms with van der Waals surface area (Å²) in [6.45, 7) is 0.742. The molecule has 4 nitrogen and oxygen atoms in total. The van der Waals surface area contributed by atoms with Crippen LogP contribution in [0.25, 0.3) is 0 Å². The number of hydrogen-bond donors (Lipinski definition) is 2. The Morgan fingerprint density at radius 2 is 1.95 bits per heavy atom. The number of nitrogens with one attached hydrogen (secondary N) is 2. The van der Waals surface area contributed by atoms with Crippen LogP contribution in [-0.4, -0.2) is 17.0 Å². The molecule has 1 aliphatic carbocycles. The van der Waals surface area contributed by atoms with Crippen LogP contribution < -0.4 is 10.6 Å². The zero-order valence-corrected chi connectivity index (χ0v) is 12.9. The molecule has 104 valence electrons. The molecular weight excluding hydrogens is 316 g/mol. The van der Waals surface area contributed by atoms with Crippen molar-refractivity contribution in [2.45, 2.75) is 25.3 Å². The topological polar surface area (TPSA) is 49.8 Å². The summed E-state index contributed by atoms with van der Waals surface area (Å²) in [6, 6.07) is 10.1. The fraction of sp³-hybridized carbons (Fsp3) is 0.333. The molecule has 1 heterocycles. The van der Waals surface area contributed by atoms with Gasteiger partial charge >= 0.3 is 0 Å². The monoisotopic (exact) mass is 332 g/mol. The maximum absolute atomic E-state index is 4.61. The maximum Gasteiger partial charge on any atom is 0.136 e. The fourth-order valence-electron chi connectivity index (χ4n) is 2.04. The van der Waals surface area contributed by atoms with Gasteiger partial charge in [-0.3, -0.25) is 0 Å². The summed E-state index contributed by atoms with van der Waals surface area (Å²) in [6.07, 6.45) is 2.41. The smallest absolute Gasteiger partial charge is 0.136 e. The minimum atomic E-state index is 0.548. The van der Waals surface area contributed by atoms with E-state index in [1.165, 1.54) is 18.4 Å². The third-order valence-electron chi connectivity index (χ3n) is 3.36. The lowest BCUT2D eigenvalue weighted by Gasteiger charge is -2.10. The van der Waals surface area contributed by atoms with Gasteiger partial charge in [-0.2, -0.15) is 0 Å². The second kappa shape index (κ2) is 5.79. The van der Waals surface area contributed by atoms with E-state index in [9.17, 15) is 0 Å². The number of halogens is 1. The van der Waals surface area contributed by atoms with Crippen LogP contribution in [0.15, 0.2) is 34.8 Å². The summed E-state index contributed by atoms with van der Waals surface area (Å²) in [5.74, 6) is 3.25. The van der Waals surface area contributed by atoms with Crippen molar-refractivity contribution in [3.05, 3.63) is 46.2 Å². The Balaban J connectivity index is 1.76. The number of anilines is 2. The molecule has 1 aromatic heterocycles. The second-order valence-electron chi connectivity index (χ2n) is 4.97. The molecule has 1 aromatic carbocycles. The molecule has 2 N–H and O–H groups in total. The lowest BCUT2D eigenvalue weighted by Crippen LogP contribution is -2.06. The predicted octanol–water partition coefficient (Wildman–Crippen LogP) is 3.77. The normalized spacial score (nSPS) is 14.1. The first-order chi connectivity index (χ1) is 9.76. The van der Waals surface area contributed by atoms with E-state index in [0.717, 1.165) is 28.5 Å². The van der Waals surface area contributed by atoms with Gasteiger partial charge in [-0.1, -0.05) is 34.1 Å². The highest BCUT2D eigenvalue weighted by Gasteiger charge is 2.27. The summed E-state index contributed by atoms with van der Waals surface area (Å²) in [4.78, 5) is 9.13. The highest BCUT2D eigenvalue weighted by atomic mass is 79.9. The number of benzene rings is 1. The lowest BCUT2D eigenvalue weighted by atomic mass is 10.2. The Morgan fingerprint density at radius 1 is 1.20 bits per heavy atom. The molecule has 0 spiro atoms. The van der Waals surface area contributed by atoms with Gasteiger partial charge in [-0.25, -0.2) is 9.97 Å². The van der Waals surface area contributed by atoms with E-state index in [1.807, 2.05) is 31.3 Å². The number of rotatable bonds is 5. The van der Waals surface area contributed by atoms with E-state index < -0.39 is 0 Å². The van der Waals surface area contributed by atoms with Crippen LogP contribution in [0.3, 0.4) is 0 Å². The van der Waals surface area contributed by atoms with Gasteiger partial charge in [0.1, 0.15) is 17.5 Å². The predicted molar refractivity (Wildman–Crippen MR) is 85.0 cm³/mol. The molecule has 3 rings (SSSR count). The van der Waals surface area contributed by atoms with Crippen LogP contribution in [0.1, 0.15) is 30.1 Å². The molecule has 0 unspecified atom stereocenters. The molecule has 0 radical (unpaired) electrons. The summed E-state index contributed by atoms with van der Waals surface area (Å²) >= 11 is 3.56. The van der Waals surface area contributed by atoms with E-state index in [4.69, 9.17) is 0 Å². The van der Waals surface area contributed by atoms with Crippen molar-refractivity contribution in [3.8, 4) is 0 Å². The lowest BCUT2D eigenvalue weighted by molar-refractivity contribution is 0.922. The van der Waals surface area contributed by atoms with Crippen molar-refractivity contribution in [1.82, 2.24) is 9.97 Å². The molecule has 0 bridgehead atoms. The Hall–Kier alpha value is -1.62. The van der Waals surface area contributed by atoms with Crippen LogP contribution in [0, 0.1) is 0 Å². The van der Waals surface area contributed by atoms with E-state index in [-0.39, 0.29) is 0 Å². The Morgan fingerprint density at radius 3 is 2.65 bits per heavy atom. The molecule has 20 heavy (non-hydrogen) atoms. The first-order valence-electron chi connectivity index (χ1n) is 6.80. The first kappa shape index (κ1) is 13.4. The molecular formula is C15H17BrN4. The summed E-state index contributed by atoms with van der Waals surface area (Å²) in [5.41, 5.74) is 1.21. The second-order valence-corrected chi connectivity index (χ2v) is 5.82. The highest BCUT2D eigenvalue weighted by molar-refractivity contribution is 9.10. The van der Waals surface area contributed by atoms with E-state index in [1.54, 1.807) is 0 Å². The van der Waals surface area contributed by atoms with Gasteiger partial charge in [-0.05, 0) is 24.5 Å². The molecule has 1 aliphatic rings. The van der Waals surface area contributed by atoms with Gasteiger partial charge in [-0.15, -0.1) is 0 Å². The largest absolute Gasteiger partial charge is 0.373 e. The van der Waals surface area contributed by atoms with Crippen molar-refractivity contribution in [3.63, 3.8) is 0 Å². The molecule has 2 aromatic rings. The standard InChI is InChI=1S/C15H17BrN4/c1-17-13-8-14(20-15(19-13)10-6-7-10)18-9-11-4-2-3-5-12(11)16/h2-5,8,10H,6-7,9H2,1H3,(H2,17,18,19,20). The summed E-state index contributed by atoms with van der Waals surface area (Å²) in [5, 5.41) is 6.48. The quantitative estimate of drug-likeness (QED) is 0.875. The zero-order valence-electron chi connectivity index (χ0n) is 11.4. The highest BCUT2D eigenvalue weighted by Crippen LogP contribution is 2.38. The molecule has 0 atom stereocenters. The van der Waals surface area contributed by atoms with Crippen molar-refractivity contribution in [2.24, 2.45) is 0 Å². The Labute approximate surface area is 127 Å². The van der Waals surface area contributed by atoms with E-state index in [2.05, 4.69) is 42.6 Å². The molecule has 1 saturated carbocycles. The fourth-order valence-corrected chi connectivity index (χ4v) is 2.46.